The molecule has 1 unspecified atom stereocenters. The minimum absolute atomic E-state index is 0.200. The number of hydroxylamine groups is 1. The number of nitrogens with one attached hydrogen (secondary N) is 2. The van der Waals surface area contributed by atoms with Crippen LogP contribution in [0.3, 0.4) is 0 Å². The summed E-state index contributed by atoms with van der Waals surface area (Å²) in [6.07, 6.45) is 0.0940. The topological polar surface area (TPSA) is 159 Å². The van der Waals surface area contributed by atoms with Gasteiger partial charge < -0.3 is 16.2 Å². The molecule has 3 aromatic rings. The predicted octanol–water partition coefficient (Wildman–Crippen LogP) is 3.93. The van der Waals surface area contributed by atoms with Crippen molar-refractivity contribution in [2.45, 2.75) is 40.5 Å². The Labute approximate surface area is 223 Å². The average molecular weight is 524 g/mol. The Kier molecular flexibility index (Phi) is 13.2. The van der Waals surface area contributed by atoms with Crippen LogP contribution in [0.2, 0.25) is 0 Å². The van der Waals surface area contributed by atoms with Crippen molar-refractivity contribution in [2.75, 3.05) is 6.54 Å². The summed E-state index contributed by atoms with van der Waals surface area (Å²) in [5.41, 5.74) is 8.23. The van der Waals surface area contributed by atoms with Crippen LogP contribution in [-0.4, -0.2) is 40.5 Å². The third-order valence-corrected chi connectivity index (χ3v) is 4.68. The summed E-state index contributed by atoms with van der Waals surface area (Å²) in [6, 6.07) is 21.9. The summed E-state index contributed by atoms with van der Waals surface area (Å²) in [4.78, 5) is 44.6. The normalized spacial score (nSPS) is 11.1. The van der Waals surface area contributed by atoms with Gasteiger partial charge in [0.25, 0.3) is 0 Å². The highest BCUT2D eigenvalue weighted by Crippen LogP contribution is 2.19. The zero-order chi connectivity index (χ0) is 28.7. The van der Waals surface area contributed by atoms with E-state index in [1.54, 1.807) is 30.3 Å². The van der Waals surface area contributed by atoms with Crippen molar-refractivity contribution in [3.8, 4) is 0 Å². The number of nitrogens with two attached hydrogens (primary N) is 1. The molecular weight excluding hydrogens is 486 g/mol. The number of rotatable bonds is 8. The summed E-state index contributed by atoms with van der Waals surface area (Å²) >= 11 is 0. The first kappa shape index (κ1) is 31.8. The van der Waals surface area contributed by atoms with Gasteiger partial charge >= 0.3 is 5.97 Å². The number of hydrogen-bond donors (Lipinski definition) is 5. The van der Waals surface area contributed by atoms with Gasteiger partial charge in [0.2, 0.25) is 17.7 Å². The molecule has 9 heteroatoms. The van der Waals surface area contributed by atoms with Gasteiger partial charge in [0.15, 0.2) is 0 Å². The van der Waals surface area contributed by atoms with Crippen molar-refractivity contribution in [3.05, 3.63) is 83.9 Å². The van der Waals surface area contributed by atoms with E-state index in [1.807, 2.05) is 42.5 Å². The van der Waals surface area contributed by atoms with Gasteiger partial charge in [-0.05, 0) is 40.3 Å². The molecule has 3 amide bonds. The Morgan fingerprint density at radius 1 is 0.868 bits per heavy atom. The van der Waals surface area contributed by atoms with E-state index < -0.39 is 29.6 Å². The number of primary amides is 1. The lowest BCUT2D eigenvalue weighted by Crippen LogP contribution is -2.39. The van der Waals surface area contributed by atoms with Gasteiger partial charge in [0.05, 0.1) is 18.0 Å². The summed E-state index contributed by atoms with van der Waals surface area (Å²) < 4.78 is 0. The molecule has 0 aliphatic carbocycles. The molecule has 6 N–H and O–H groups in total. The van der Waals surface area contributed by atoms with Gasteiger partial charge in [0, 0.05) is 6.42 Å². The van der Waals surface area contributed by atoms with Crippen molar-refractivity contribution in [3.63, 3.8) is 0 Å². The highest BCUT2D eigenvalue weighted by molar-refractivity contribution is 5.89. The average Bonchev–Trinajstić information content (AvgIpc) is 2.86. The first-order valence-electron chi connectivity index (χ1n) is 12.0. The molecule has 0 fully saturated rings. The fraction of sp³-hybridized carbons (Fsp3) is 0.310. The number of fused-ring (bicyclic) bond motifs is 1. The van der Waals surface area contributed by atoms with E-state index in [9.17, 15) is 19.2 Å². The Bertz CT molecular complexity index is 1200. The molecule has 0 aromatic heterocycles. The predicted molar refractivity (Wildman–Crippen MR) is 146 cm³/mol. The largest absolute Gasteiger partial charge is 0.478 e. The van der Waals surface area contributed by atoms with E-state index in [2.05, 4.69) is 33.0 Å². The summed E-state index contributed by atoms with van der Waals surface area (Å²) in [7, 11) is 0. The fourth-order valence-electron chi connectivity index (χ4n) is 3.08. The van der Waals surface area contributed by atoms with E-state index in [1.165, 1.54) is 5.48 Å². The quantitative estimate of drug-likeness (QED) is 0.222. The molecule has 3 aromatic carbocycles. The monoisotopic (exact) mass is 523 g/mol. The minimum Gasteiger partial charge on any atom is -0.478 e. The number of carboxylic acid groups (broad SMARTS) is 1. The van der Waals surface area contributed by atoms with E-state index in [0.717, 1.165) is 16.3 Å². The van der Waals surface area contributed by atoms with E-state index in [4.69, 9.17) is 16.0 Å². The maximum atomic E-state index is 12.2. The van der Waals surface area contributed by atoms with Crippen LogP contribution < -0.4 is 16.5 Å². The molecule has 0 aliphatic rings. The number of benzene rings is 3. The van der Waals surface area contributed by atoms with Crippen molar-refractivity contribution in [1.82, 2.24) is 10.8 Å². The molecule has 1 atom stereocenters. The number of carbonyl (C=O) groups is 4. The Hall–Kier alpha value is -4.24. The maximum absolute atomic E-state index is 12.2. The summed E-state index contributed by atoms with van der Waals surface area (Å²) in [6.45, 7) is 8.45. The van der Waals surface area contributed by atoms with Gasteiger partial charge in [-0.15, -0.1) is 0 Å². The Balaban J connectivity index is 0.000000421. The van der Waals surface area contributed by atoms with Crippen LogP contribution in [0, 0.1) is 11.3 Å². The van der Waals surface area contributed by atoms with Crippen molar-refractivity contribution >= 4 is 34.5 Å². The van der Waals surface area contributed by atoms with Gasteiger partial charge in [-0.3, -0.25) is 19.6 Å². The van der Waals surface area contributed by atoms with Crippen LogP contribution >= 0.6 is 0 Å². The number of carboxylic acids is 1. The molecule has 0 radical (unpaired) electrons. The lowest BCUT2D eigenvalue weighted by atomic mass is 9.93. The number of carbonyl (C=O) groups excluding carboxylic acids is 3. The van der Waals surface area contributed by atoms with Gasteiger partial charge in [-0.25, -0.2) is 10.3 Å². The molecule has 0 aliphatic heterocycles. The summed E-state index contributed by atoms with van der Waals surface area (Å²) in [5.74, 6) is -3.41. The standard InChI is InChI=1S/C17H19N3O4.C7H6O2.C5H12/c18-15(21)10-19-17(23)14(9-16(22)20-24)8-11-5-6-12-3-1-2-4-13(12)7-11;8-7(9)6-4-2-1-3-5-6;1-5(2,3)4/h1-7,14,24H,8-10H2,(H2,18,21)(H,19,23)(H,20,22);1-5H,(H,8,9);1-4H3. The third-order valence-electron chi connectivity index (χ3n) is 4.68. The van der Waals surface area contributed by atoms with Crippen LogP contribution in [0.15, 0.2) is 72.8 Å². The SMILES string of the molecule is CC(C)(C)C.NC(=O)CNC(=O)C(CC(=O)NO)Cc1ccc2ccccc2c1.O=C(O)c1ccccc1. The molecule has 0 spiro atoms. The summed E-state index contributed by atoms with van der Waals surface area (Å²) in [5, 5.41) is 21.6. The zero-order valence-corrected chi connectivity index (χ0v) is 22.2. The Morgan fingerprint density at radius 2 is 1.42 bits per heavy atom. The van der Waals surface area contributed by atoms with Gasteiger partial charge in [-0.1, -0.05) is 88.4 Å². The molecule has 9 nitrogen and oxygen atoms in total. The molecule has 204 valence electrons. The number of aromatic carboxylic acids is 1. The van der Waals surface area contributed by atoms with E-state index in [-0.39, 0.29) is 13.0 Å². The van der Waals surface area contributed by atoms with Gasteiger partial charge in [0.1, 0.15) is 0 Å². The van der Waals surface area contributed by atoms with Crippen LogP contribution in [0.25, 0.3) is 10.8 Å². The molecular formula is C29H37N3O6. The second-order valence-corrected chi connectivity index (χ2v) is 10.2. The Morgan fingerprint density at radius 3 is 1.92 bits per heavy atom. The molecule has 0 saturated heterocycles. The molecule has 0 bridgehead atoms. The zero-order valence-electron chi connectivity index (χ0n) is 22.2. The second kappa shape index (κ2) is 15.8. The van der Waals surface area contributed by atoms with Crippen molar-refractivity contribution in [2.24, 2.45) is 17.1 Å². The van der Waals surface area contributed by atoms with Crippen LogP contribution in [0.5, 0.6) is 0 Å². The first-order chi connectivity index (χ1) is 17.8. The lowest BCUT2D eigenvalue weighted by Gasteiger charge is -2.16. The molecule has 3 rings (SSSR count). The van der Waals surface area contributed by atoms with Crippen LogP contribution in [0.1, 0.15) is 50.0 Å². The smallest absolute Gasteiger partial charge is 0.335 e. The third kappa shape index (κ3) is 13.7. The molecule has 0 saturated carbocycles. The van der Waals surface area contributed by atoms with Gasteiger partial charge in [-0.2, -0.15) is 0 Å². The van der Waals surface area contributed by atoms with Crippen LogP contribution in [0.4, 0.5) is 0 Å². The van der Waals surface area contributed by atoms with Crippen molar-refractivity contribution < 1.29 is 29.5 Å². The molecule has 0 heterocycles. The molecule has 38 heavy (non-hydrogen) atoms. The number of amides is 3. The lowest BCUT2D eigenvalue weighted by molar-refractivity contribution is -0.135. The van der Waals surface area contributed by atoms with E-state index >= 15 is 0 Å². The minimum atomic E-state index is -0.879. The second-order valence-electron chi connectivity index (χ2n) is 10.2. The van der Waals surface area contributed by atoms with Crippen molar-refractivity contribution in [1.29, 1.82) is 0 Å². The first-order valence-corrected chi connectivity index (χ1v) is 12.0. The van der Waals surface area contributed by atoms with Crippen LogP contribution in [-0.2, 0) is 20.8 Å². The van der Waals surface area contributed by atoms with E-state index in [0.29, 0.717) is 17.4 Å². The highest BCUT2D eigenvalue weighted by Gasteiger charge is 2.22. The maximum Gasteiger partial charge on any atom is 0.335 e. The number of hydrogen-bond acceptors (Lipinski definition) is 5. The highest BCUT2D eigenvalue weighted by atomic mass is 16.5. The fourth-order valence-corrected chi connectivity index (χ4v) is 3.08.